The molecular weight excluding hydrogens is 529 g/mol. The molecule has 0 bridgehead atoms. The maximum absolute atomic E-state index is 13.7. The summed E-state index contributed by atoms with van der Waals surface area (Å²) in [6.07, 6.45) is -4.49. The summed E-state index contributed by atoms with van der Waals surface area (Å²) in [6, 6.07) is 14.1. The Labute approximate surface area is 228 Å². The molecule has 0 saturated heterocycles. The molecule has 4 rings (SSSR count). The van der Waals surface area contributed by atoms with Gasteiger partial charge in [-0.15, -0.1) is 11.3 Å². The number of hydrogen-bond donors (Lipinski definition) is 1. The second-order valence-corrected chi connectivity index (χ2v) is 10.2. The van der Waals surface area contributed by atoms with Gasteiger partial charge in [-0.05, 0) is 45.4 Å². The molecule has 0 radical (unpaired) electrons. The first-order valence-electron chi connectivity index (χ1n) is 12.5. The molecule has 0 spiro atoms. The van der Waals surface area contributed by atoms with E-state index in [9.17, 15) is 22.8 Å². The van der Waals surface area contributed by atoms with Crippen molar-refractivity contribution in [2.75, 3.05) is 13.2 Å². The number of allylic oxidation sites excluding steroid dienone is 1. The summed E-state index contributed by atoms with van der Waals surface area (Å²) in [5.74, 6) is -2.75. The summed E-state index contributed by atoms with van der Waals surface area (Å²) < 4.78 is 50.9. The smallest absolute Gasteiger partial charge is 0.416 e. The Bertz CT molecular complexity index is 1390. The van der Waals surface area contributed by atoms with Crippen LogP contribution in [0.5, 0.6) is 0 Å². The normalized spacial score (nSPS) is 21.3. The molecule has 0 amide bonds. The number of thiazole rings is 1. The van der Waals surface area contributed by atoms with Gasteiger partial charge in [0, 0.05) is 22.6 Å². The van der Waals surface area contributed by atoms with Crippen LogP contribution in [0.2, 0.25) is 0 Å². The van der Waals surface area contributed by atoms with Crippen molar-refractivity contribution in [1.82, 2.24) is 10.3 Å². The molecule has 0 aliphatic carbocycles. The third kappa shape index (κ3) is 5.56. The summed E-state index contributed by atoms with van der Waals surface area (Å²) in [5.41, 5.74) is 0.272. The van der Waals surface area contributed by atoms with Crippen LogP contribution in [0, 0.1) is 5.92 Å². The topological polar surface area (TPSA) is 77.5 Å². The van der Waals surface area contributed by atoms with E-state index in [-0.39, 0.29) is 13.2 Å². The molecule has 1 aromatic heterocycles. The van der Waals surface area contributed by atoms with E-state index in [4.69, 9.17) is 14.5 Å². The molecule has 1 aliphatic heterocycles. The number of nitrogens with one attached hydrogen (secondary N) is 1. The zero-order chi connectivity index (χ0) is 28.4. The van der Waals surface area contributed by atoms with E-state index in [0.717, 1.165) is 17.7 Å². The number of halogens is 3. The van der Waals surface area contributed by atoms with Gasteiger partial charge in [-0.3, -0.25) is 4.79 Å². The van der Waals surface area contributed by atoms with E-state index in [2.05, 4.69) is 5.32 Å². The molecule has 0 saturated carbocycles. The van der Waals surface area contributed by atoms with Crippen LogP contribution < -0.4 is 5.32 Å². The standard InChI is InChI=1S/C29H29F3N2O4S/c1-5-37-25(35)22-17(3)34-28(4,24(26(36)38-6-2)23(22)18-11-8-7-9-12-18)27-33-21(16-39-27)19-13-10-14-20(15-19)29(30,31)32/h7-16,23-24,34H,5-6H2,1-4H3. The first-order chi connectivity index (χ1) is 18.5. The Morgan fingerprint density at radius 1 is 1.05 bits per heavy atom. The van der Waals surface area contributed by atoms with Crippen LogP contribution in [-0.2, 0) is 30.8 Å². The maximum Gasteiger partial charge on any atom is 0.416 e. The fourth-order valence-electron chi connectivity index (χ4n) is 5.07. The Kier molecular flexibility index (Phi) is 8.15. The number of aromatic nitrogens is 1. The minimum absolute atomic E-state index is 0.123. The van der Waals surface area contributed by atoms with Gasteiger partial charge in [-0.1, -0.05) is 42.5 Å². The number of benzene rings is 2. The molecule has 39 heavy (non-hydrogen) atoms. The molecule has 10 heteroatoms. The SMILES string of the molecule is CCOC(=O)C1=C(C)NC(C)(c2nc(-c3cccc(C(F)(F)F)c3)cs2)C(C(=O)OCC)C1c1ccccc1. The minimum atomic E-state index is -4.49. The van der Waals surface area contributed by atoms with Gasteiger partial charge < -0.3 is 14.8 Å². The largest absolute Gasteiger partial charge is 0.466 e. The number of nitrogens with zero attached hydrogens (tertiary/aromatic N) is 1. The summed E-state index contributed by atoms with van der Waals surface area (Å²) >= 11 is 1.22. The van der Waals surface area contributed by atoms with Gasteiger partial charge in [0.15, 0.2) is 0 Å². The van der Waals surface area contributed by atoms with Gasteiger partial charge in [-0.2, -0.15) is 13.2 Å². The van der Waals surface area contributed by atoms with Crippen LogP contribution in [-0.4, -0.2) is 30.1 Å². The number of esters is 2. The Balaban J connectivity index is 1.88. The van der Waals surface area contributed by atoms with E-state index in [1.165, 1.54) is 17.4 Å². The van der Waals surface area contributed by atoms with Gasteiger partial charge in [0.1, 0.15) is 10.5 Å². The molecule has 206 valence electrons. The number of carbonyl (C=O) groups excluding carboxylic acids is 2. The van der Waals surface area contributed by atoms with Crippen LogP contribution in [0.4, 0.5) is 13.2 Å². The summed E-state index contributed by atoms with van der Waals surface area (Å²) in [6.45, 7) is 7.22. The van der Waals surface area contributed by atoms with Gasteiger partial charge in [-0.25, -0.2) is 9.78 Å². The zero-order valence-electron chi connectivity index (χ0n) is 22.0. The van der Waals surface area contributed by atoms with Crippen molar-refractivity contribution in [1.29, 1.82) is 0 Å². The van der Waals surface area contributed by atoms with E-state index in [1.807, 2.05) is 30.3 Å². The number of alkyl halides is 3. The Morgan fingerprint density at radius 2 is 1.74 bits per heavy atom. The van der Waals surface area contributed by atoms with Crippen molar-refractivity contribution in [3.63, 3.8) is 0 Å². The van der Waals surface area contributed by atoms with E-state index in [0.29, 0.717) is 27.5 Å². The molecule has 1 N–H and O–H groups in total. The molecule has 0 fully saturated rings. The molecule has 3 aromatic rings. The lowest BCUT2D eigenvalue weighted by Gasteiger charge is -2.45. The highest BCUT2D eigenvalue weighted by atomic mass is 32.1. The maximum atomic E-state index is 13.7. The molecule has 1 aliphatic rings. The highest BCUT2D eigenvalue weighted by molar-refractivity contribution is 7.10. The first-order valence-corrected chi connectivity index (χ1v) is 13.4. The average Bonchev–Trinajstić information content (AvgIpc) is 3.40. The van der Waals surface area contributed by atoms with Crippen molar-refractivity contribution >= 4 is 23.3 Å². The monoisotopic (exact) mass is 558 g/mol. The predicted octanol–water partition coefficient (Wildman–Crippen LogP) is 6.45. The van der Waals surface area contributed by atoms with Crippen LogP contribution in [0.15, 0.2) is 71.2 Å². The van der Waals surface area contributed by atoms with E-state index >= 15 is 0 Å². The van der Waals surface area contributed by atoms with E-state index in [1.54, 1.807) is 39.1 Å². The summed E-state index contributed by atoms with van der Waals surface area (Å²) in [7, 11) is 0. The Hall–Kier alpha value is -3.66. The van der Waals surface area contributed by atoms with Crippen molar-refractivity contribution in [2.24, 2.45) is 5.92 Å². The minimum Gasteiger partial charge on any atom is -0.466 e. The highest BCUT2D eigenvalue weighted by Crippen LogP contribution is 2.49. The quantitative estimate of drug-likeness (QED) is 0.336. The lowest BCUT2D eigenvalue weighted by molar-refractivity contribution is -0.152. The number of carbonyl (C=O) groups is 2. The fraction of sp³-hybridized carbons (Fsp3) is 0.345. The molecule has 2 aromatic carbocycles. The summed E-state index contributed by atoms with van der Waals surface area (Å²) in [4.78, 5) is 31.5. The Morgan fingerprint density at radius 3 is 2.38 bits per heavy atom. The number of rotatable bonds is 7. The lowest BCUT2D eigenvalue weighted by Crippen LogP contribution is -2.55. The van der Waals surface area contributed by atoms with Crippen molar-refractivity contribution in [3.05, 3.63) is 87.4 Å². The van der Waals surface area contributed by atoms with Gasteiger partial charge in [0.2, 0.25) is 0 Å². The third-order valence-corrected chi connectivity index (χ3v) is 7.83. The highest BCUT2D eigenvalue weighted by Gasteiger charge is 2.54. The third-order valence-electron chi connectivity index (χ3n) is 6.75. The summed E-state index contributed by atoms with van der Waals surface area (Å²) in [5, 5.41) is 5.47. The molecular formula is C29H29F3N2O4S. The van der Waals surface area contributed by atoms with Gasteiger partial charge in [0.25, 0.3) is 0 Å². The first kappa shape index (κ1) is 28.4. The number of hydrogen-bond acceptors (Lipinski definition) is 7. The second kappa shape index (κ2) is 11.2. The fourth-order valence-corrected chi connectivity index (χ4v) is 6.05. The second-order valence-electron chi connectivity index (χ2n) is 9.32. The zero-order valence-corrected chi connectivity index (χ0v) is 22.8. The van der Waals surface area contributed by atoms with Crippen molar-refractivity contribution in [3.8, 4) is 11.3 Å². The van der Waals surface area contributed by atoms with Crippen LogP contribution >= 0.6 is 11.3 Å². The molecule has 2 heterocycles. The van der Waals surface area contributed by atoms with Crippen LogP contribution in [0.25, 0.3) is 11.3 Å². The lowest BCUT2D eigenvalue weighted by atomic mass is 9.67. The van der Waals surface area contributed by atoms with E-state index < -0.39 is 41.1 Å². The molecule has 3 unspecified atom stereocenters. The van der Waals surface area contributed by atoms with Gasteiger partial charge in [0.05, 0.1) is 36.0 Å². The number of ether oxygens (including phenoxy) is 2. The van der Waals surface area contributed by atoms with Crippen LogP contribution in [0.1, 0.15) is 49.7 Å². The predicted molar refractivity (Wildman–Crippen MR) is 142 cm³/mol. The van der Waals surface area contributed by atoms with Crippen molar-refractivity contribution in [2.45, 2.75) is 45.3 Å². The average molecular weight is 559 g/mol. The molecule has 6 nitrogen and oxygen atoms in total. The van der Waals surface area contributed by atoms with Crippen molar-refractivity contribution < 1.29 is 32.2 Å². The van der Waals surface area contributed by atoms with Crippen LogP contribution in [0.3, 0.4) is 0 Å². The van der Waals surface area contributed by atoms with Gasteiger partial charge >= 0.3 is 18.1 Å². The molecule has 3 atom stereocenters.